The van der Waals surface area contributed by atoms with Crippen molar-refractivity contribution < 1.29 is 0 Å². The molecule has 0 bridgehead atoms. The summed E-state index contributed by atoms with van der Waals surface area (Å²) in [7, 11) is 0. The van der Waals surface area contributed by atoms with Crippen LogP contribution in [0.25, 0.3) is 10.2 Å². The SMILES string of the molecule is CCCNC(CCCC(C)C)c1cnc2ccsc2c1. The molecule has 2 aromatic heterocycles. The number of rotatable bonds is 8. The van der Waals surface area contributed by atoms with E-state index < -0.39 is 0 Å². The van der Waals surface area contributed by atoms with Crippen LogP contribution < -0.4 is 5.32 Å². The number of aromatic nitrogens is 1. The molecule has 0 saturated heterocycles. The second-order valence-corrected chi connectivity index (χ2v) is 6.85. The molecule has 0 aromatic carbocycles. The number of nitrogens with zero attached hydrogens (tertiary/aromatic N) is 1. The first-order chi connectivity index (χ1) is 9.70. The minimum absolute atomic E-state index is 0.452. The Labute approximate surface area is 126 Å². The lowest BCUT2D eigenvalue weighted by Crippen LogP contribution is -2.22. The third-order valence-electron chi connectivity index (χ3n) is 3.64. The van der Waals surface area contributed by atoms with Crippen LogP contribution in [0.5, 0.6) is 0 Å². The molecule has 1 atom stereocenters. The van der Waals surface area contributed by atoms with Gasteiger partial charge in [0.15, 0.2) is 0 Å². The summed E-state index contributed by atoms with van der Waals surface area (Å²) in [5.74, 6) is 0.791. The van der Waals surface area contributed by atoms with Crippen molar-refractivity contribution in [2.75, 3.05) is 6.54 Å². The van der Waals surface area contributed by atoms with Crippen LogP contribution in [0.2, 0.25) is 0 Å². The molecule has 0 radical (unpaired) electrons. The van der Waals surface area contributed by atoms with Crippen LogP contribution in [-0.2, 0) is 0 Å². The Kier molecular flexibility index (Phi) is 5.99. The Morgan fingerprint density at radius 3 is 2.90 bits per heavy atom. The Morgan fingerprint density at radius 1 is 1.30 bits per heavy atom. The standard InChI is InChI=1S/C17H26N2S/c1-4-9-18-15(7-5-6-13(2)3)14-11-17-16(19-12-14)8-10-20-17/h8,10-13,15,18H,4-7,9H2,1-3H3. The van der Waals surface area contributed by atoms with Crippen molar-refractivity contribution >= 4 is 21.6 Å². The fourth-order valence-electron chi connectivity index (χ4n) is 2.49. The van der Waals surface area contributed by atoms with E-state index in [-0.39, 0.29) is 0 Å². The summed E-state index contributed by atoms with van der Waals surface area (Å²) in [5.41, 5.74) is 2.47. The van der Waals surface area contributed by atoms with Gasteiger partial charge < -0.3 is 5.32 Å². The van der Waals surface area contributed by atoms with E-state index >= 15 is 0 Å². The number of pyridine rings is 1. The van der Waals surface area contributed by atoms with E-state index in [0.717, 1.165) is 18.0 Å². The van der Waals surface area contributed by atoms with E-state index in [2.05, 4.69) is 54.8 Å². The van der Waals surface area contributed by atoms with Crippen LogP contribution in [0.1, 0.15) is 58.1 Å². The molecular formula is C17H26N2S. The van der Waals surface area contributed by atoms with Gasteiger partial charge in [0.2, 0.25) is 0 Å². The molecule has 20 heavy (non-hydrogen) atoms. The van der Waals surface area contributed by atoms with Gasteiger partial charge in [0, 0.05) is 12.2 Å². The van der Waals surface area contributed by atoms with E-state index in [1.807, 2.05) is 0 Å². The molecular weight excluding hydrogens is 264 g/mol. The minimum atomic E-state index is 0.452. The van der Waals surface area contributed by atoms with Crippen molar-refractivity contribution in [1.29, 1.82) is 0 Å². The third kappa shape index (κ3) is 4.29. The molecule has 0 aliphatic heterocycles. The predicted molar refractivity (Wildman–Crippen MR) is 89.3 cm³/mol. The number of nitrogens with one attached hydrogen (secondary N) is 1. The van der Waals surface area contributed by atoms with Crippen LogP contribution in [0.15, 0.2) is 23.7 Å². The quantitative estimate of drug-likeness (QED) is 0.726. The molecule has 2 aromatic rings. The highest BCUT2D eigenvalue weighted by Crippen LogP contribution is 2.26. The lowest BCUT2D eigenvalue weighted by atomic mass is 9.99. The largest absolute Gasteiger partial charge is 0.310 e. The minimum Gasteiger partial charge on any atom is -0.310 e. The van der Waals surface area contributed by atoms with Gasteiger partial charge in [-0.15, -0.1) is 11.3 Å². The Bertz CT molecular complexity index is 518. The Hall–Kier alpha value is -0.930. The van der Waals surface area contributed by atoms with Crippen molar-refractivity contribution in [2.45, 2.75) is 52.5 Å². The van der Waals surface area contributed by atoms with Crippen LogP contribution >= 0.6 is 11.3 Å². The van der Waals surface area contributed by atoms with Crippen LogP contribution in [0, 0.1) is 5.92 Å². The molecule has 2 nitrogen and oxygen atoms in total. The van der Waals surface area contributed by atoms with E-state index in [1.165, 1.54) is 35.9 Å². The first kappa shape index (κ1) is 15.5. The molecule has 2 heterocycles. The molecule has 0 saturated carbocycles. The number of fused-ring (bicyclic) bond motifs is 1. The summed E-state index contributed by atoms with van der Waals surface area (Å²) >= 11 is 1.78. The van der Waals surface area contributed by atoms with Gasteiger partial charge in [0.25, 0.3) is 0 Å². The maximum absolute atomic E-state index is 4.58. The van der Waals surface area contributed by atoms with E-state index in [4.69, 9.17) is 0 Å². The van der Waals surface area contributed by atoms with E-state index in [9.17, 15) is 0 Å². The zero-order chi connectivity index (χ0) is 14.4. The first-order valence-electron chi connectivity index (χ1n) is 7.77. The molecule has 3 heteroatoms. The fourth-order valence-corrected chi connectivity index (χ4v) is 3.28. The number of thiophene rings is 1. The van der Waals surface area contributed by atoms with Gasteiger partial charge in [-0.25, -0.2) is 0 Å². The zero-order valence-corrected chi connectivity index (χ0v) is 13.7. The highest BCUT2D eigenvalue weighted by atomic mass is 32.1. The smallest absolute Gasteiger partial charge is 0.0809 e. The predicted octanol–water partition coefficient (Wildman–Crippen LogP) is 5.16. The fraction of sp³-hybridized carbons (Fsp3) is 0.588. The summed E-state index contributed by atoms with van der Waals surface area (Å²) in [6.45, 7) is 7.90. The summed E-state index contributed by atoms with van der Waals surface area (Å²) in [4.78, 5) is 4.58. The zero-order valence-electron chi connectivity index (χ0n) is 12.9. The van der Waals surface area contributed by atoms with E-state index in [0.29, 0.717) is 6.04 Å². The molecule has 0 spiro atoms. The second-order valence-electron chi connectivity index (χ2n) is 5.90. The van der Waals surface area contributed by atoms with Gasteiger partial charge in [-0.3, -0.25) is 4.98 Å². The van der Waals surface area contributed by atoms with Crippen LogP contribution in [-0.4, -0.2) is 11.5 Å². The number of hydrogen-bond acceptors (Lipinski definition) is 3. The maximum atomic E-state index is 4.58. The summed E-state index contributed by atoms with van der Waals surface area (Å²) in [6.07, 6.45) is 7.02. The Morgan fingerprint density at radius 2 is 2.15 bits per heavy atom. The van der Waals surface area contributed by atoms with Gasteiger partial charge in [0.05, 0.1) is 10.2 Å². The molecule has 110 valence electrons. The molecule has 0 aliphatic rings. The van der Waals surface area contributed by atoms with Gasteiger partial charge in [-0.05, 0) is 48.4 Å². The lowest BCUT2D eigenvalue weighted by Gasteiger charge is -2.19. The average molecular weight is 290 g/mol. The summed E-state index contributed by atoms with van der Waals surface area (Å²) in [6, 6.07) is 4.86. The Balaban J connectivity index is 2.07. The van der Waals surface area contributed by atoms with Gasteiger partial charge in [0.1, 0.15) is 0 Å². The lowest BCUT2D eigenvalue weighted by molar-refractivity contribution is 0.447. The van der Waals surface area contributed by atoms with Crippen molar-refractivity contribution in [3.05, 3.63) is 29.3 Å². The monoisotopic (exact) mass is 290 g/mol. The molecule has 0 fully saturated rings. The first-order valence-corrected chi connectivity index (χ1v) is 8.65. The van der Waals surface area contributed by atoms with Crippen LogP contribution in [0.4, 0.5) is 0 Å². The highest BCUT2D eigenvalue weighted by molar-refractivity contribution is 7.17. The maximum Gasteiger partial charge on any atom is 0.0809 e. The summed E-state index contributed by atoms with van der Waals surface area (Å²) < 4.78 is 1.30. The third-order valence-corrected chi connectivity index (χ3v) is 4.49. The van der Waals surface area contributed by atoms with Crippen molar-refractivity contribution in [2.24, 2.45) is 5.92 Å². The van der Waals surface area contributed by atoms with Crippen molar-refractivity contribution in [3.8, 4) is 0 Å². The summed E-state index contributed by atoms with van der Waals surface area (Å²) in [5, 5.41) is 5.80. The average Bonchev–Trinajstić information content (AvgIpc) is 2.89. The normalized spacial score (nSPS) is 13.2. The van der Waals surface area contributed by atoms with Gasteiger partial charge in [-0.2, -0.15) is 0 Å². The second kappa shape index (κ2) is 7.75. The van der Waals surface area contributed by atoms with Gasteiger partial charge >= 0.3 is 0 Å². The van der Waals surface area contributed by atoms with Crippen molar-refractivity contribution in [3.63, 3.8) is 0 Å². The highest BCUT2D eigenvalue weighted by Gasteiger charge is 2.12. The number of hydrogen-bond donors (Lipinski definition) is 1. The molecule has 0 amide bonds. The topological polar surface area (TPSA) is 24.9 Å². The molecule has 1 unspecified atom stereocenters. The van der Waals surface area contributed by atoms with E-state index in [1.54, 1.807) is 11.3 Å². The molecule has 0 aliphatic carbocycles. The van der Waals surface area contributed by atoms with Crippen molar-refractivity contribution in [1.82, 2.24) is 10.3 Å². The van der Waals surface area contributed by atoms with Gasteiger partial charge in [-0.1, -0.05) is 33.6 Å². The molecule has 1 N–H and O–H groups in total. The van der Waals surface area contributed by atoms with Crippen LogP contribution in [0.3, 0.4) is 0 Å². The molecule has 2 rings (SSSR count).